The summed E-state index contributed by atoms with van der Waals surface area (Å²) in [5.74, 6) is 0.952. The number of hydrogen-bond acceptors (Lipinski definition) is 3. The monoisotopic (exact) mass is 330 g/mol. The lowest BCUT2D eigenvalue weighted by molar-refractivity contribution is 0.845. The van der Waals surface area contributed by atoms with Crippen molar-refractivity contribution in [1.82, 2.24) is 14.6 Å². The Morgan fingerprint density at radius 2 is 1.95 bits per heavy atom. The Morgan fingerprint density at radius 1 is 1.20 bits per heavy atom. The number of rotatable bonds is 3. The van der Waals surface area contributed by atoms with Crippen LogP contribution in [-0.4, -0.2) is 14.6 Å². The minimum atomic E-state index is 0.192. The number of fused-ring (bicyclic) bond motifs is 1. The van der Waals surface area contributed by atoms with Crippen molar-refractivity contribution < 1.29 is 0 Å². The summed E-state index contributed by atoms with van der Waals surface area (Å²) in [4.78, 5) is 4.24. The quantitative estimate of drug-likeness (QED) is 0.789. The zero-order chi connectivity index (χ0) is 14.1. The molecule has 1 unspecified atom stereocenters. The molecule has 0 bridgehead atoms. The number of hydrogen-bond donors (Lipinski definition) is 1. The van der Waals surface area contributed by atoms with Crippen molar-refractivity contribution in [1.29, 1.82) is 0 Å². The van der Waals surface area contributed by atoms with Crippen molar-refractivity contribution in [2.45, 2.75) is 19.9 Å². The fraction of sp³-hybridized carbons (Fsp3) is 0.200. The summed E-state index contributed by atoms with van der Waals surface area (Å²) in [6, 6.07) is 12.6. The van der Waals surface area contributed by atoms with Crippen molar-refractivity contribution >= 4 is 27.4 Å². The summed E-state index contributed by atoms with van der Waals surface area (Å²) in [5.41, 5.74) is 3.24. The maximum Gasteiger partial charge on any atom is 0.157 e. The number of aryl methyl sites for hydroxylation is 1. The molecule has 3 aromatic rings. The first-order chi connectivity index (χ1) is 9.63. The zero-order valence-electron chi connectivity index (χ0n) is 11.3. The highest BCUT2D eigenvalue weighted by Crippen LogP contribution is 2.22. The van der Waals surface area contributed by atoms with Crippen LogP contribution in [-0.2, 0) is 0 Å². The molecule has 3 rings (SSSR count). The molecular weight excluding hydrogens is 316 g/mol. The lowest BCUT2D eigenvalue weighted by Crippen LogP contribution is -2.10. The molecule has 0 saturated heterocycles. The van der Waals surface area contributed by atoms with Gasteiger partial charge in [0.05, 0.1) is 0 Å². The number of aromatic nitrogens is 3. The van der Waals surface area contributed by atoms with E-state index in [1.165, 1.54) is 5.56 Å². The van der Waals surface area contributed by atoms with Gasteiger partial charge < -0.3 is 5.32 Å². The summed E-state index contributed by atoms with van der Waals surface area (Å²) in [6.07, 6.45) is 1.57. The van der Waals surface area contributed by atoms with Crippen molar-refractivity contribution in [3.8, 4) is 0 Å². The largest absolute Gasteiger partial charge is 0.363 e. The number of benzene rings is 1. The smallest absolute Gasteiger partial charge is 0.157 e. The van der Waals surface area contributed by atoms with E-state index < -0.39 is 0 Å². The average molecular weight is 331 g/mol. The van der Waals surface area contributed by atoms with Crippen LogP contribution >= 0.6 is 15.9 Å². The first kappa shape index (κ1) is 13.1. The van der Waals surface area contributed by atoms with Crippen molar-refractivity contribution in [3.05, 3.63) is 58.3 Å². The van der Waals surface area contributed by atoms with E-state index in [0.29, 0.717) is 0 Å². The molecule has 1 atom stereocenters. The standard InChI is InChI=1S/C15H15BrN4/c1-10-7-14-17-9-18-20(14)15(8-10)19-11(2)12-3-5-13(16)6-4-12/h3-9,11,19H,1-2H3. The fourth-order valence-corrected chi connectivity index (χ4v) is 2.48. The highest BCUT2D eigenvalue weighted by molar-refractivity contribution is 9.10. The number of nitrogens with zero attached hydrogens (tertiary/aromatic N) is 3. The van der Waals surface area contributed by atoms with E-state index in [1.54, 1.807) is 6.33 Å². The average Bonchev–Trinajstić information content (AvgIpc) is 2.87. The Kier molecular flexibility index (Phi) is 3.44. The van der Waals surface area contributed by atoms with E-state index in [2.05, 4.69) is 75.5 Å². The summed E-state index contributed by atoms with van der Waals surface area (Å²) in [7, 11) is 0. The van der Waals surface area contributed by atoms with E-state index >= 15 is 0 Å². The van der Waals surface area contributed by atoms with Gasteiger partial charge in [-0.2, -0.15) is 9.61 Å². The van der Waals surface area contributed by atoms with Crippen molar-refractivity contribution in [3.63, 3.8) is 0 Å². The van der Waals surface area contributed by atoms with Gasteiger partial charge >= 0.3 is 0 Å². The Balaban J connectivity index is 1.92. The highest BCUT2D eigenvalue weighted by Gasteiger charge is 2.09. The van der Waals surface area contributed by atoms with Crippen LogP contribution in [0.1, 0.15) is 24.1 Å². The van der Waals surface area contributed by atoms with Gasteiger partial charge in [0.25, 0.3) is 0 Å². The summed E-state index contributed by atoms with van der Waals surface area (Å²) >= 11 is 3.46. The zero-order valence-corrected chi connectivity index (χ0v) is 12.9. The third kappa shape index (κ3) is 2.54. The van der Waals surface area contributed by atoms with E-state index in [4.69, 9.17) is 0 Å². The maximum atomic E-state index is 4.26. The molecule has 2 heterocycles. The molecule has 0 fully saturated rings. The van der Waals surface area contributed by atoms with Gasteiger partial charge in [0, 0.05) is 10.5 Å². The van der Waals surface area contributed by atoms with Crippen LogP contribution in [0.5, 0.6) is 0 Å². The first-order valence-electron chi connectivity index (χ1n) is 6.46. The topological polar surface area (TPSA) is 42.2 Å². The van der Waals surface area contributed by atoms with E-state index in [9.17, 15) is 0 Å². The van der Waals surface area contributed by atoms with Gasteiger partial charge in [0.15, 0.2) is 5.65 Å². The molecule has 0 aliphatic heterocycles. The second-order valence-corrected chi connectivity index (χ2v) is 5.78. The van der Waals surface area contributed by atoms with Crippen LogP contribution in [0.25, 0.3) is 5.65 Å². The molecule has 1 N–H and O–H groups in total. The van der Waals surface area contributed by atoms with Gasteiger partial charge in [-0.1, -0.05) is 28.1 Å². The summed E-state index contributed by atoms with van der Waals surface area (Å²) < 4.78 is 2.91. The SMILES string of the molecule is Cc1cc(NC(C)c2ccc(Br)cc2)n2ncnc2c1. The molecule has 0 radical (unpaired) electrons. The minimum Gasteiger partial charge on any atom is -0.363 e. The second kappa shape index (κ2) is 5.25. The minimum absolute atomic E-state index is 0.192. The van der Waals surface area contributed by atoms with E-state index in [1.807, 2.05) is 10.6 Å². The van der Waals surface area contributed by atoms with Gasteiger partial charge in [-0.25, -0.2) is 4.98 Å². The van der Waals surface area contributed by atoms with Gasteiger partial charge in [0.1, 0.15) is 12.1 Å². The maximum absolute atomic E-state index is 4.26. The van der Waals surface area contributed by atoms with Crippen LogP contribution in [0.15, 0.2) is 47.2 Å². The fourth-order valence-electron chi connectivity index (χ4n) is 2.22. The summed E-state index contributed by atoms with van der Waals surface area (Å²) in [6.45, 7) is 4.19. The lowest BCUT2D eigenvalue weighted by atomic mass is 10.1. The van der Waals surface area contributed by atoms with Crippen molar-refractivity contribution in [2.24, 2.45) is 0 Å². The molecule has 1 aromatic carbocycles. The molecule has 0 saturated carbocycles. The molecule has 0 aliphatic carbocycles. The van der Waals surface area contributed by atoms with Crippen LogP contribution in [0.3, 0.4) is 0 Å². The Morgan fingerprint density at radius 3 is 2.70 bits per heavy atom. The number of pyridine rings is 1. The second-order valence-electron chi connectivity index (χ2n) is 4.87. The van der Waals surface area contributed by atoms with Gasteiger partial charge in [-0.3, -0.25) is 0 Å². The Bertz CT molecular complexity index is 733. The number of nitrogens with one attached hydrogen (secondary N) is 1. The third-order valence-corrected chi connectivity index (χ3v) is 3.79. The predicted molar refractivity (Wildman–Crippen MR) is 83.9 cm³/mol. The highest BCUT2D eigenvalue weighted by atomic mass is 79.9. The predicted octanol–water partition coefficient (Wildman–Crippen LogP) is 3.97. The van der Waals surface area contributed by atoms with E-state index in [0.717, 1.165) is 21.5 Å². The molecule has 4 nitrogen and oxygen atoms in total. The van der Waals surface area contributed by atoms with Crippen LogP contribution < -0.4 is 5.32 Å². The van der Waals surface area contributed by atoms with E-state index in [-0.39, 0.29) is 6.04 Å². The Labute approximate surface area is 126 Å². The van der Waals surface area contributed by atoms with Crippen LogP contribution in [0.2, 0.25) is 0 Å². The molecule has 0 aliphatic rings. The van der Waals surface area contributed by atoms with Gasteiger partial charge in [-0.05, 0) is 49.2 Å². The molecule has 20 heavy (non-hydrogen) atoms. The normalized spacial score (nSPS) is 12.6. The lowest BCUT2D eigenvalue weighted by Gasteiger charge is -2.17. The molecule has 0 amide bonds. The number of anilines is 1. The van der Waals surface area contributed by atoms with Crippen LogP contribution in [0, 0.1) is 6.92 Å². The van der Waals surface area contributed by atoms with Crippen molar-refractivity contribution in [2.75, 3.05) is 5.32 Å². The van der Waals surface area contributed by atoms with Gasteiger partial charge in [0.2, 0.25) is 0 Å². The first-order valence-corrected chi connectivity index (χ1v) is 7.25. The number of halogens is 1. The molecule has 102 valence electrons. The van der Waals surface area contributed by atoms with Crippen LogP contribution in [0.4, 0.5) is 5.82 Å². The summed E-state index contributed by atoms with van der Waals surface area (Å²) in [5, 5.41) is 7.75. The third-order valence-electron chi connectivity index (χ3n) is 3.26. The molecular formula is C15H15BrN4. The molecule has 0 spiro atoms. The van der Waals surface area contributed by atoms with Gasteiger partial charge in [-0.15, -0.1) is 0 Å². The molecule has 5 heteroatoms. The Hall–Kier alpha value is -1.88. The molecule has 2 aromatic heterocycles.